The molecule has 0 spiro atoms. The highest BCUT2D eigenvalue weighted by Gasteiger charge is 2.10. The van der Waals surface area contributed by atoms with Crippen molar-refractivity contribution < 1.29 is 9.47 Å². The summed E-state index contributed by atoms with van der Waals surface area (Å²) in [5, 5.41) is 7.72. The van der Waals surface area contributed by atoms with Crippen LogP contribution in [0.2, 0.25) is 10.0 Å². The smallest absolute Gasteiger partial charge is 0.161 e. The molecule has 0 saturated carbocycles. The first-order chi connectivity index (χ1) is 12.2. The molecular formula is C19H24Cl2N2O2. The van der Waals surface area contributed by atoms with Gasteiger partial charge >= 0.3 is 0 Å². The van der Waals surface area contributed by atoms with Crippen LogP contribution in [0, 0.1) is 0 Å². The van der Waals surface area contributed by atoms with Crippen LogP contribution < -0.4 is 20.1 Å². The van der Waals surface area contributed by atoms with E-state index in [2.05, 4.69) is 10.6 Å². The van der Waals surface area contributed by atoms with E-state index in [-0.39, 0.29) is 6.61 Å². The van der Waals surface area contributed by atoms with Gasteiger partial charge in [0.1, 0.15) is 6.61 Å². The molecule has 0 aliphatic carbocycles. The van der Waals surface area contributed by atoms with Crippen molar-refractivity contribution in [3.8, 4) is 11.5 Å². The first-order valence-electron chi connectivity index (χ1n) is 8.23. The number of hydrogen-bond donors (Lipinski definition) is 2. The van der Waals surface area contributed by atoms with Gasteiger partial charge in [0.25, 0.3) is 0 Å². The number of nitrogens with one attached hydrogen (secondary N) is 2. The van der Waals surface area contributed by atoms with E-state index in [0.29, 0.717) is 21.5 Å². The lowest BCUT2D eigenvalue weighted by Gasteiger charge is -2.14. The molecule has 136 valence electrons. The van der Waals surface area contributed by atoms with Crippen molar-refractivity contribution >= 4 is 23.2 Å². The van der Waals surface area contributed by atoms with Crippen LogP contribution in [-0.4, -0.2) is 27.2 Å². The second kappa shape index (κ2) is 10.5. The Morgan fingerprint density at radius 3 is 2.44 bits per heavy atom. The fraction of sp³-hybridized carbons (Fsp3) is 0.368. The predicted molar refractivity (Wildman–Crippen MR) is 104 cm³/mol. The number of ether oxygens (including phenoxy) is 2. The van der Waals surface area contributed by atoms with Gasteiger partial charge in [-0.3, -0.25) is 0 Å². The number of hydrogen-bond acceptors (Lipinski definition) is 4. The van der Waals surface area contributed by atoms with Crippen LogP contribution >= 0.6 is 23.2 Å². The molecule has 0 saturated heterocycles. The zero-order chi connectivity index (χ0) is 18.1. The lowest BCUT2D eigenvalue weighted by atomic mass is 10.2. The Kier molecular flexibility index (Phi) is 8.35. The van der Waals surface area contributed by atoms with Gasteiger partial charge in [-0.25, -0.2) is 0 Å². The predicted octanol–water partition coefficient (Wildman–Crippen LogP) is 4.28. The van der Waals surface area contributed by atoms with Gasteiger partial charge in [-0.15, -0.1) is 0 Å². The highest BCUT2D eigenvalue weighted by atomic mass is 35.5. The topological polar surface area (TPSA) is 42.5 Å². The van der Waals surface area contributed by atoms with Crippen molar-refractivity contribution in [1.29, 1.82) is 0 Å². The van der Waals surface area contributed by atoms with Gasteiger partial charge in [0.2, 0.25) is 0 Å². The van der Waals surface area contributed by atoms with Gasteiger partial charge in [0.15, 0.2) is 11.5 Å². The first kappa shape index (κ1) is 19.9. The summed E-state index contributed by atoms with van der Waals surface area (Å²) in [7, 11) is 3.59. The zero-order valence-corrected chi connectivity index (χ0v) is 16.1. The molecular weight excluding hydrogens is 359 g/mol. The summed E-state index contributed by atoms with van der Waals surface area (Å²) in [5.74, 6) is 1.36. The standard InChI is InChI=1S/C19H24Cl2N2O2/c1-22-9-4-10-23-12-14-7-8-18(19(11-14)24-2)25-13-15-16(20)5-3-6-17(15)21/h3,5-8,11,22-23H,4,9-10,12-13H2,1-2H3. The average molecular weight is 383 g/mol. The lowest BCUT2D eigenvalue weighted by Crippen LogP contribution is -2.19. The number of rotatable bonds is 10. The zero-order valence-electron chi connectivity index (χ0n) is 14.6. The van der Waals surface area contributed by atoms with Crippen molar-refractivity contribution in [3.05, 3.63) is 57.6 Å². The molecule has 2 rings (SSSR count). The van der Waals surface area contributed by atoms with E-state index in [1.807, 2.05) is 31.3 Å². The van der Waals surface area contributed by atoms with E-state index in [1.54, 1.807) is 19.2 Å². The van der Waals surface area contributed by atoms with Crippen LogP contribution in [0.4, 0.5) is 0 Å². The lowest BCUT2D eigenvalue weighted by molar-refractivity contribution is 0.284. The van der Waals surface area contributed by atoms with Crippen LogP contribution in [0.1, 0.15) is 17.5 Å². The third kappa shape index (κ3) is 6.08. The molecule has 0 unspecified atom stereocenters. The Hall–Kier alpha value is -1.46. The molecule has 0 aromatic heterocycles. The molecule has 0 heterocycles. The second-order valence-corrected chi connectivity index (χ2v) is 6.42. The van der Waals surface area contributed by atoms with Gasteiger partial charge in [-0.2, -0.15) is 0 Å². The largest absolute Gasteiger partial charge is 0.493 e. The maximum atomic E-state index is 6.18. The van der Waals surface area contributed by atoms with Gasteiger partial charge in [0.05, 0.1) is 7.11 Å². The second-order valence-electron chi connectivity index (χ2n) is 5.61. The summed E-state index contributed by atoms with van der Waals surface area (Å²) < 4.78 is 11.3. The summed E-state index contributed by atoms with van der Waals surface area (Å²) in [6, 6.07) is 11.3. The summed E-state index contributed by atoms with van der Waals surface area (Å²) in [6.07, 6.45) is 1.09. The van der Waals surface area contributed by atoms with Crippen molar-refractivity contribution in [1.82, 2.24) is 10.6 Å². The van der Waals surface area contributed by atoms with Crippen molar-refractivity contribution in [2.24, 2.45) is 0 Å². The van der Waals surface area contributed by atoms with E-state index < -0.39 is 0 Å². The third-order valence-electron chi connectivity index (χ3n) is 3.77. The van der Waals surface area contributed by atoms with Gasteiger partial charge < -0.3 is 20.1 Å². The summed E-state index contributed by atoms with van der Waals surface area (Å²) in [6.45, 7) is 3.05. The molecule has 2 aromatic rings. The van der Waals surface area contributed by atoms with E-state index in [1.165, 1.54) is 0 Å². The molecule has 0 bridgehead atoms. The van der Waals surface area contributed by atoms with Crippen molar-refractivity contribution in [3.63, 3.8) is 0 Å². The van der Waals surface area contributed by atoms with Crippen molar-refractivity contribution in [2.45, 2.75) is 19.6 Å². The molecule has 2 N–H and O–H groups in total. The third-order valence-corrected chi connectivity index (χ3v) is 4.48. The van der Waals surface area contributed by atoms with Crippen LogP contribution in [0.25, 0.3) is 0 Å². The fourth-order valence-corrected chi connectivity index (χ4v) is 2.89. The highest BCUT2D eigenvalue weighted by molar-refractivity contribution is 6.35. The average Bonchev–Trinajstić information content (AvgIpc) is 2.61. The van der Waals surface area contributed by atoms with Crippen LogP contribution in [-0.2, 0) is 13.2 Å². The Labute approximate surface area is 159 Å². The van der Waals surface area contributed by atoms with Gasteiger partial charge in [-0.05, 0) is 56.4 Å². The molecule has 0 atom stereocenters. The van der Waals surface area contributed by atoms with Crippen LogP contribution in [0.15, 0.2) is 36.4 Å². The number of methoxy groups -OCH3 is 1. The minimum Gasteiger partial charge on any atom is -0.493 e. The Morgan fingerprint density at radius 1 is 1.00 bits per heavy atom. The Morgan fingerprint density at radius 2 is 1.76 bits per heavy atom. The molecule has 0 aliphatic heterocycles. The molecule has 2 aromatic carbocycles. The molecule has 0 fully saturated rings. The van der Waals surface area contributed by atoms with Crippen LogP contribution in [0.3, 0.4) is 0 Å². The Bertz CT molecular complexity index is 660. The first-order valence-corrected chi connectivity index (χ1v) is 8.99. The molecule has 0 radical (unpaired) electrons. The molecule has 6 heteroatoms. The SMILES string of the molecule is CNCCCNCc1ccc(OCc2c(Cl)cccc2Cl)c(OC)c1. The van der Waals surface area contributed by atoms with Crippen LogP contribution in [0.5, 0.6) is 11.5 Å². The van der Waals surface area contributed by atoms with Gasteiger partial charge in [0, 0.05) is 22.2 Å². The van der Waals surface area contributed by atoms with E-state index in [9.17, 15) is 0 Å². The summed E-state index contributed by atoms with van der Waals surface area (Å²) in [5.41, 5.74) is 1.91. The molecule has 0 amide bonds. The minimum atomic E-state index is 0.288. The molecule has 4 nitrogen and oxygen atoms in total. The van der Waals surface area contributed by atoms with Gasteiger partial charge in [-0.1, -0.05) is 35.3 Å². The van der Waals surface area contributed by atoms with E-state index in [4.69, 9.17) is 32.7 Å². The van der Waals surface area contributed by atoms with E-state index in [0.717, 1.165) is 37.2 Å². The molecule has 25 heavy (non-hydrogen) atoms. The van der Waals surface area contributed by atoms with Crippen molar-refractivity contribution in [2.75, 3.05) is 27.2 Å². The normalized spacial score (nSPS) is 10.7. The summed E-state index contributed by atoms with van der Waals surface area (Å²) >= 11 is 12.4. The maximum Gasteiger partial charge on any atom is 0.161 e. The monoisotopic (exact) mass is 382 g/mol. The number of benzene rings is 2. The van der Waals surface area contributed by atoms with E-state index >= 15 is 0 Å². The minimum absolute atomic E-state index is 0.288. The number of halogens is 2. The highest BCUT2D eigenvalue weighted by Crippen LogP contribution is 2.31. The maximum absolute atomic E-state index is 6.18. The molecule has 0 aliphatic rings. The summed E-state index contributed by atoms with van der Waals surface area (Å²) in [4.78, 5) is 0. The fourth-order valence-electron chi connectivity index (χ4n) is 2.38. The Balaban J connectivity index is 1.97. The quantitative estimate of drug-likeness (QED) is 0.601.